The van der Waals surface area contributed by atoms with Gasteiger partial charge in [-0.05, 0) is 50.2 Å². The van der Waals surface area contributed by atoms with Crippen LogP contribution in [-0.2, 0) is 19.2 Å². The molecule has 0 saturated carbocycles. The lowest BCUT2D eigenvalue weighted by Crippen LogP contribution is -2.46. The van der Waals surface area contributed by atoms with Gasteiger partial charge >= 0.3 is 5.97 Å². The Balaban J connectivity index is 1.69. The van der Waals surface area contributed by atoms with Crippen LogP contribution < -0.4 is 10.2 Å². The predicted molar refractivity (Wildman–Crippen MR) is 93.6 cm³/mol. The highest BCUT2D eigenvalue weighted by Gasteiger charge is 2.43. The number of carboxylic acid groups (broad SMARTS) is 1. The quantitative estimate of drug-likeness (QED) is 0.779. The maximum atomic E-state index is 12.8. The summed E-state index contributed by atoms with van der Waals surface area (Å²) in [5.74, 6) is -1.94. The Bertz CT molecular complexity index is 738. The first-order valence-corrected chi connectivity index (χ1v) is 8.58. The summed E-state index contributed by atoms with van der Waals surface area (Å²) in [5, 5.41) is 11.7. The summed E-state index contributed by atoms with van der Waals surface area (Å²) >= 11 is 0. The number of hydrogen-bond acceptors (Lipinski definition) is 5. The first-order chi connectivity index (χ1) is 12.4. The molecule has 3 rings (SSSR count). The number of nitrogens with one attached hydrogen (secondary N) is 1. The summed E-state index contributed by atoms with van der Waals surface area (Å²) in [6.07, 6.45) is 1.07. The van der Waals surface area contributed by atoms with Crippen LogP contribution in [0.3, 0.4) is 0 Å². The number of carboxylic acids is 1. The number of piperidine rings is 1. The van der Waals surface area contributed by atoms with Crippen molar-refractivity contribution in [3.63, 3.8) is 0 Å². The molecule has 2 aliphatic rings. The lowest BCUT2D eigenvalue weighted by atomic mass is 9.96. The van der Waals surface area contributed by atoms with Gasteiger partial charge in [0.1, 0.15) is 0 Å². The van der Waals surface area contributed by atoms with Crippen LogP contribution in [0.5, 0.6) is 0 Å². The lowest BCUT2D eigenvalue weighted by Gasteiger charge is -2.33. The van der Waals surface area contributed by atoms with E-state index in [-0.39, 0.29) is 30.1 Å². The Labute approximate surface area is 150 Å². The zero-order chi connectivity index (χ0) is 18.8. The number of hydrogen-bond donors (Lipinski definition) is 2. The number of anilines is 2. The van der Waals surface area contributed by atoms with E-state index in [4.69, 9.17) is 5.11 Å². The zero-order valence-corrected chi connectivity index (χ0v) is 14.5. The molecule has 2 fully saturated rings. The second-order valence-corrected chi connectivity index (χ2v) is 6.66. The monoisotopic (exact) mass is 359 g/mol. The molecular formula is C18H21N3O5. The third-order valence-electron chi connectivity index (χ3n) is 4.89. The standard InChI is InChI=1S/C18H21N3O5/c1-11(22)19-13-2-4-14(5-3-13)21-16(23)10-15(17(21)24)20-8-6-12(7-9-20)18(25)26/h2-5,12,15H,6-10H2,1H3,(H,19,22)(H,25,26)/t15-/m0/s1. The Morgan fingerprint density at radius 3 is 2.27 bits per heavy atom. The van der Waals surface area contributed by atoms with Gasteiger partial charge in [0.15, 0.2) is 0 Å². The Morgan fingerprint density at radius 1 is 1.12 bits per heavy atom. The number of amides is 3. The average molecular weight is 359 g/mol. The van der Waals surface area contributed by atoms with Gasteiger partial charge in [0.05, 0.1) is 24.1 Å². The number of nitrogens with zero attached hydrogens (tertiary/aromatic N) is 2. The number of rotatable bonds is 4. The van der Waals surface area contributed by atoms with E-state index >= 15 is 0 Å². The Kier molecular flexibility index (Phi) is 5.03. The van der Waals surface area contributed by atoms with Gasteiger partial charge in [-0.25, -0.2) is 4.90 Å². The van der Waals surface area contributed by atoms with Gasteiger partial charge in [-0.2, -0.15) is 0 Å². The molecule has 26 heavy (non-hydrogen) atoms. The number of carbonyl (C=O) groups is 4. The lowest BCUT2D eigenvalue weighted by molar-refractivity contribution is -0.143. The van der Waals surface area contributed by atoms with E-state index in [9.17, 15) is 19.2 Å². The van der Waals surface area contributed by atoms with Gasteiger partial charge in [-0.3, -0.25) is 24.1 Å². The molecule has 0 aliphatic carbocycles. The van der Waals surface area contributed by atoms with Gasteiger partial charge in [0.2, 0.25) is 11.8 Å². The Morgan fingerprint density at radius 2 is 1.73 bits per heavy atom. The van der Waals surface area contributed by atoms with E-state index in [1.165, 1.54) is 11.8 Å². The topological polar surface area (TPSA) is 107 Å². The van der Waals surface area contributed by atoms with E-state index in [0.717, 1.165) is 0 Å². The third-order valence-corrected chi connectivity index (χ3v) is 4.89. The highest BCUT2D eigenvalue weighted by Crippen LogP contribution is 2.29. The minimum absolute atomic E-state index is 0.101. The van der Waals surface area contributed by atoms with Crippen LogP contribution in [-0.4, -0.2) is 52.8 Å². The Hall–Kier alpha value is -2.74. The molecule has 3 amide bonds. The molecule has 0 spiro atoms. The molecule has 8 heteroatoms. The summed E-state index contributed by atoms with van der Waals surface area (Å²) in [6, 6.07) is 6.00. The molecule has 8 nitrogen and oxygen atoms in total. The predicted octanol–water partition coefficient (Wildman–Crippen LogP) is 1.07. The van der Waals surface area contributed by atoms with Gasteiger partial charge in [-0.15, -0.1) is 0 Å². The van der Waals surface area contributed by atoms with Crippen LogP contribution in [0.4, 0.5) is 11.4 Å². The van der Waals surface area contributed by atoms with E-state index in [2.05, 4.69) is 5.32 Å². The molecule has 1 atom stereocenters. The van der Waals surface area contributed by atoms with Crippen molar-refractivity contribution in [3.05, 3.63) is 24.3 Å². The van der Waals surface area contributed by atoms with Crippen molar-refractivity contribution in [1.82, 2.24) is 4.90 Å². The normalized spacial score (nSPS) is 21.9. The number of likely N-dealkylation sites (tertiary alicyclic amines) is 1. The number of carbonyl (C=O) groups excluding carboxylic acids is 3. The molecule has 0 bridgehead atoms. The largest absolute Gasteiger partial charge is 0.481 e. The fraction of sp³-hybridized carbons (Fsp3) is 0.444. The van der Waals surface area contributed by atoms with E-state index in [1.54, 1.807) is 24.3 Å². The maximum absolute atomic E-state index is 12.8. The summed E-state index contributed by atoms with van der Waals surface area (Å²) in [6.45, 7) is 2.39. The van der Waals surface area contributed by atoms with Gasteiger partial charge in [0, 0.05) is 12.6 Å². The molecular weight excluding hydrogens is 338 g/mol. The molecule has 2 aliphatic heterocycles. The number of imide groups is 1. The van der Waals surface area contributed by atoms with E-state index in [1.807, 2.05) is 4.90 Å². The van der Waals surface area contributed by atoms with E-state index in [0.29, 0.717) is 37.3 Å². The summed E-state index contributed by atoms with van der Waals surface area (Å²) in [5.41, 5.74) is 1.06. The third kappa shape index (κ3) is 3.60. The minimum atomic E-state index is -0.806. The van der Waals surface area contributed by atoms with Crippen molar-refractivity contribution in [2.24, 2.45) is 5.92 Å². The van der Waals surface area contributed by atoms with E-state index < -0.39 is 12.0 Å². The van der Waals surface area contributed by atoms with Crippen LogP contribution in [0.2, 0.25) is 0 Å². The van der Waals surface area contributed by atoms with Crippen molar-refractivity contribution in [1.29, 1.82) is 0 Å². The smallest absolute Gasteiger partial charge is 0.306 e. The van der Waals surface area contributed by atoms with Crippen LogP contribution in [0.15, 0.2) is 24.3 Å². The minimum Gasteiger partial charge on any atom is -0.481 e. The molecule has 2 N–H and O–H groups in total. The molecule has 0 radical (unpaired) electrons. The highest BCUT2D eigenvalue weighted by atomic mass is 16.4. The maximum Gasteiger partial charge on any atom is 0.306 e. The molecule has 2 heterocycles. The molecule has 1 aromatic rings. The number of benzene rings is 1. The molecule has 138 valence electrons. The average Bonchev–Trinajstić information content (AvgIpc) is 2.90. The first kappa shape index (κ1) is 18.1. The van der Waals surface area contributed by atoms with Gasteiger partial charge in [-0.1, -0.05) is 0 Å². The van der Waals surface area contributed by atoms with Crippen molar-refractivity contribution in [3.8, 4) is 0 Å². The SMILES string of the molecule is CC(=O)Nc1ccc(N2C(=O)C[C@H](N3CCC(C(=O)O)CC3)C2=O)cc1. The fourth-order valence-corrected chi connectivity index (χ4v) is 3.53. The summed E-state index contributed by atoms with van der Waals surface area (Å²) in [7, 11) is 0. The van der Waals surface area contributed by atoms with Crippen molar-refractivity contribution in [2.45, 2.75) is 32.2 Å². The van der Waals surface area contributed by atoms with Crippen LogP contribution in [0.1, 0.15) is 26.2 Å². The van der Waals surface area contributed by atoms with Gasteiger partial charge in [0.25, 0.3) is 5.91 Å². The van der Waals surface area contributed by atoms with Crippen LogP contribution in [0, 0.1) is 5.92 Å². The summed E-state index contributed by atoms with van der Waals surface area (Å²) in [4.78, 5) is 50.4. The fourth-order valence-electron chi connectivity index (χ4n) is 3.53. The highest BCUT2D eigenvalue weighted by molar-refractivity contribution is 6.22. The molecule has 1 aromatic carbocycles. The first-order valence-electron chi connectivity index (χ1n) is 8.58. The molecule has 0 unspecified atom stereocenters. The van der Waals surface area contributed by atoms with Crippen LogP contribution >= 0.6 is 0 Å². The van der Waals surface area contributed by atoms with Gasteiger partial charge < -0.3 is 10.4 Å². The van der Waals surface area contributed by atoms with Crippen molar-refractivity contribution >= 4 is 35.1 Å². The van der Waals surface area contributed by atoms with Crippen LogP contribution in [0.25, 0.3) is 0 Å². The zero-order valence-electron chi connectivity index (χ0n) is 14.5. The molecule has 2 saturated heterocycles. The number of aliphatic carboxylic acids is 1. The summed E-state index contributed by atoms with van der Waals surface area (Å²) < 4.78 is 0. The molecule has 0 aromatic heterocycles. The van der Waals surface area contributed by atoms with Crippen molar-refractivity contribution in [2.75, 3.05) is 23.3 Å². The van der Waals surface area contributed by atoms with Crippen molar-refractivity contribution < 1.29 is 24.3 Å². The second-order valence-electron chi connectivity index (χ2n) is 6.66. The second kappa shape index (κ2) is 7.25.